The first kappa shape index (κ1) is 19.9. The summed E-state index contributed by atoms with van der Waals surface area (Å²) >= 11 is 0. The van der Waals surface area contributed by atoms with Gasteiger partial charge in [-0.15, -0.1) is 0 Å². The molecule has 1 atom stereocenters. The van der Waals surface area contributed by atoms with Gasteiger partial charge in [0, 0.05) is 18.7 Å². The Morgan fingerprint density at radius 3 is 2.77 bits per heavy atom. The average molecular weight is 409 g/mol. The van der Waals surface area contributed by atoms with Crippen LogP contribution in [-0.2, 0) is 4.74 Å². The maximum atomic E-state index is 12.7. The largest absolute Gasteiger partial charge is 0.493 e. The lowest BCUT2D eigenvalue weighted by Crippen LogP contribution is -2.32. The fraction of sp³-hybridized carbons (Fsp3) is 0.318. The first-order chi connectivity index (χ1) is 14.7. The van der Waals surface area contributed by atoms with Crippen LogP contribution in [0.3, 0.4) is 0 Å². The van der Waals surface area contributed by atoms with E-state index >= 15 is 0 Å². The van der Waals surface area contributed by atoms with Gasteiger partial charge in [0.1, 0.15) is 0 Å². The van der Waals surface area contributed by atoms with Crippen molar-refractivity contribution in [2.24, 2.45) is 0 Å². The number of hydrogen-bond donors (Lipinski definition) is 1. The highest BCUT2D eigenvalue weighted by molar-refractivity contribution is 6.00. The second-order valence-corrected chi connectivity index (χ2v) is 6.88. The SMILES string of the molecule is COc1ccc(-c2noc(-c3ccccc3C(=O)NC[C@@H]3CCCO3)n2)cc1OC. The minimum Gasteiger partial charge on any atom is -0.493 e. The van der Waals surface area contributed by atoms with Crippen molar-refractivity contribution in [3.05, 3.63) is 48.0 Å². The van der Waals surface area contributed by atoms with Gasteiger partial charge in [0.15, 0.2) is 11.5 Å². The number of nitrogens with zero attached hydrogens (tertiary/aromatic N) is 2. The van der Waals surface area contributed by atoms with Gasteiger partial charge in [0.05, 0.1) is 31.5 Å². The summed E-state index contributed by atoms with van der Waals surface area (Å²) in [6.45, 7) is 1.23. The number of hydrogen-bond acceptors (Lipinski definition) is 7. The van der Waals surface area contributed by atoms with Gasteiger partial charge in [-0.25, -0.2) is 0 Å². The Morgan fingerprint density at radius 1 is 1.17 bits per heavy atom. The average Bonchev–Trinajstić information content (AvgIpc) is 3.49. The number of methoxy groups -OCH3 is 2. The molecule has 2 aromatic carbocycles. The molecule has 1 amide bonds. The normalized spacial score (nSPS) is 15.7. The number of benzene rings is 2. The summed E-state index contributed by atoms with van der Waals surface area (Å²) in [6, 6.07) is 12.5. The van der Waals surface area contributed by atoms with Crippen LogP contribution in [0.5, 0.6) is 11.5 Å². The van der Waals surface area contributed by atoms with E-state index in [2.05, 4.69) is 15.5 Å². The molecule has 8 nitrogen and oxygen atoms in total. The van der Waals surface area contributed by atoms with Crippen LogP contribution >= 0.6 is 0 Å². The zero-order valence-electron chi connectivity index (χ0n) is 16.9. The standard InChI is InChI=1S/C22H23N3O5/c1-27-18-10-9-14(12-19(18)28-2)20-24-22(30-25-20)17-8-4-3-7-16(17)21(26)23-13-15-6-5-11-29-15/h3-4,7-10,12,15H,5-6,11,13H2,1-2H3,(H,23,26)/t15-/m0/s1. The highest BCUT2D eigenvalue weighted by atomic mass is 16.5. The Morgan fingerprint density at radius 2 is 2.00 bits per heavy atom. The molecule has 1 aliphatic heterocycles. The monoisotopic (exact) mass is 409 g/mol. The van der Waals surface area contributed by atoms with Gasteiger partial charge < -0.3 is 24.1 Å². The van der Waals surface area contributed by atoms with Gasteiger partial charge in [-0.1, -0.05) is 17.3 Å². The van der Waals surface area contributed by atoms with Crippen molar-refractivity contribution in [2.45, 2.75) is 18.9 Å². The summed E-state index contributed by atoms with van der Waals surface area (Å²) in [6.07, 6.45) is 2.05. The van der Waals surface area contributed by atoms with E-state index in [1.165, 1.54) is 0 Å². The molecule has 0 bridgehead atoms. The van der Waals surface area contributed by atoms with Gasteiger partial charge in [-0.2, -0.15) is 4.98 Å². The summed E-state index contributed by atoms with van der Waals surface area (Å²) < 4.78 is 21.6. The highest BCUT2D eigenvalue weighted by Crippen LogP contribution is 2.32. The van der Waals surface area contributed by atoms with Crippen LogP contribution in [0.2, 0.25) is 0 Å². The molecule has 0 spiro atoms. The lowest BCUT2D eigenvalue weighted by molar-refractivity contribution is 0.0858. The van der Waals surface area contributed by atoms with Crippen LogP contribution < -0.4 is 14.8 Å². The number of nitrogens with one attached hydrogen (secondary N) is 1. The van der Waals surface area contributed by atoms with Gasteiger partial charge in [0.2, 0.25) is 5.82 Å². The number of carbonyl (C=O) groups excluding carboxylic acids is 1. The maximum Gasteiger partial charge on any atom is 0.259 e. The van der Waals surface area contributed by atoms with Crippen LogP contribution in [0.25, 0.3) is 22.8 Å². The molecule has 4 rings (SSSR count). The summed E-state index contributed by atoms with van der Waals surface area (Å²) in [4.78, 5) is 17.2. The number of amides is 1. The number of aromatic nitrogens is 2. The minimum atomic E-state index is -0.202. The van der Waals surface area contributed by atoms with E-state index in [-0.39, 0.29) is 17.9 Å². The third-order valence-electron chi connectivity index (χ3n) is 4.98. The molecule has 1 aromatic heterocycles. The lowest BCUT2D eigenvalue weighted by Gasteiger charge is -2.12. The first-order valence-corrected chi connectivity index (χ1v) is 9.75. The molecule has 156 valence electrons. The Labute approximate surface area is 174 Å². The van der Waals surface area contributed by atoms with Crippen LogP contribution in [0.15, 0.2) is 47.0 Å². The van der Waals surface area contributed by atoms with E-state index in [1.807, 2.05) is 12.1 Å². The zero-order valence-corrected chi connectivity index (χ0v) is 16.9. The van der Waals surface area contributed by atoms with Gasteiger partial charge in [-0.3, -0.25) is 4.79 Å². The summed E-state index contributed by atoms with van der Waals surface area (Å²) in [5, 5.41) is 7.00. The van der Waals surface area contributed by atoms with Gasteiger partial charge in [-0.05, 0) is 43.2 Å². The molecule has 0 radical (unpaired) electrons. The molecule has 3 aromatic rings. The Kier molecular flexibility index (Phi) is 5.94. The number of rotatable bonds is 7. The molecule has 0 unspecified atom stereocenters. The maximum absolute atomic E-state index is 12.7. The highest BCUT2D eigenvalue weighted by Gasteiger charge is 2.21. The lowest BCUT2D eigenvalue weighted by atomic mass is 10.1. The van der Waals surface area contributed by atoms with E-state index in [4.69, 9.17) is 18.7 Å². The van der Waals surface area contributed by atoms with Crippen molar-refractivity contribution in [2.75, 3.05) is 27.4 Å². The predicted molar refractivity (Wildman–Crippen MR) is 110 cm³/mol. The third-order valence-corrected chi connectivity index (χ3v) is 4.98. The van der Waals surface area contributed by atoms with E-state index in [0.29, 0.717) is 40.6 Å². The first-order valence-electron chi connectivity index (χ1n) is 9.75. The van der Waals surface area contributed by atoms with Crippen LogP contribution in [0.1, 0.15) is 23.2 Å². The molecule has 0 aliphatic carbocycles. The van der Waals surface area contributed by atoms with Crippen LogP contribution in [0.4, 0.5) is 0 Å². The second kappa shape index (κ2) is 8.96. The second-order valence-electron chi connectivity index (χ2n) is 6.88. The molecular formula is C22H23N3O5. The quantitative estimate of drug-likeness (QED) is 0.639. The van der Waals surface area contributed by atoms with Crippen LogP contribution in [0, 0.1) is 0 Å². The molecule has 1 saturated heterocycles. The van der Waals surface area contributed by atoms with Gasteiger partial charge in [0.25, 0.3) is 11.8 Å². The molecular weight excluding hydrogens is 386 g/mol. The van der Waals surface area contributed by atoms with Crippen molar-refractivity contribution in [1.29, 1.82) is 0 Å². The van der Waals surface area contributed by atoms with E-state index in [1.54, 1.807) is 44.6 Å². The minimum absolute atomic E-state index is 0.0705. The van der Waals surface area contributed by atoms with Crippen molar-refractivity contribution in [3.8, 4) is 34.3 Å². The smallest absolute Gasteiger partial charge is 0.259 e. The topological polar surface area (TPSA) is 95.7 Å². The molecule has 8 heteroatoms. The molecule has 1 aliphatic rings. The zero-order chi connectivity index (χ0) is 20.9. The number of carbonyl (C=O) groups is 1. The van der Waals surface area contributed by atoms with Gasteiger partial charge >= 0.3 is 0 Å². The summed E-state index contributed by atoms with van der Waals surface area (Å²) in [5.74, 6) is 1.63. The summed E-state index contributed by atoms with van der Waals surface area (Å²) in [7, 11) is 3.14. The molecule has 1 N–H and O–H groups in total. The fourth-order valence-corrected chi connectivity index (χ4v) is 3.40. The van der Waals surface area contributed by atoms with Crippen molar-refractivity contribution in [3.63, 3.8) is 0 Å². The number of ether oxygens (including phenoxy) is 3. The Balaban J connectivity index is 1.57. The fourth-order valence-electron chi connectivity index (χ4n) is 3.40. The van der Waals surface area contributed by atoms with Crippen molar-refractivity contribution < 1.29 is 23.5 Å². The molecule has 30 heavy (non-hydrogen) atoms. The molecule has 2 heterocycles. The molecule has 0 saturated carbocycles. The van der Waals surface area contributed by atoms with E-state index in [0.717, 1.165) is 19.4 Å². The molecule has 1 fully saturated rings. The predicted octanol–water partition coefficient (Wildman–Crippen LogP) is 3.33. The van der Waals surface area contributed by atoms with E-state index in [9.17, 15) is 4.79 Å². The summed E-state index contributed by atoms with van der Waals surface area (Å²) in [5.41, 5.74) is 1.75. The van der Waals surface area contributed by atoms with Crippen molar-refractivity contribution >= 4 is 5.91 Å². The van der Waals surface area contributed by atoms with Crippen molar-refractivity contribution in [1.82, 2.24) is 15.5 Å². The van der Waals surface area contributed by atoms with Crippen LogP contribution in [-0.4, -0.2) is 49.5 Å². The Bertz CT molecular complexity index is 1030. The van der Waals surface area contributed by atoms with E-state index < -0.39 is 0 Å². The third kappa shape index (κ3) is 4.13. The Hall–Kier alpha value is -3.39.